The fourth-order valence-electron chi connectivity index (χ4n) is 3.56. The zero-order chi connectivity index (χ0) is 17.0. The molecule has 132 valence electrons. The summed E-state index contributed by atoms with van der Waals surface area (Å²) in [6, 6.07) is -0.0269. The summed E-state index contributed by atoms with van der Waals surface area (Å²) < 4.78 is 24.8. The van der Waals surface area contributed by atoms with Gasteiger partial charge in [0.15, 0.2) is 0 Å². The van der Waals surface area contributed by atoms with Crippen molar-refractivity contribution in [3.8, 4) is 0 Å². The van der Waals surface area contributed by atoms with Gasteiger partial charge in [-0.3, -0.25) is 9.59 Å². The van der Waals surface area contributed by atoms with Gasteiger partial charge in [0.1, 0.15) is 0 Å². The number of piperidine rings is 2. The van der Waals surface area contributed by atoms with Gasteiger partial charge in [0.2, 0.25) is 15.9 Å². The molecule has 8 heteroatoms. The second kappa shape index (κ2) is 7.61. The lowest BCUT2D eigenvalue weighted by Crippen LogP contribution is -2.51. The first-order valence-electron chi connectivity index (χ1n) is 8.26. The quantitative estimate of drug-likeness (QED) is 0.798. The maximum Gasteiger partial charge on any atom is 0.303 e. The minimum absolute atomic E-state index is 0.00608. The summed E-state index contributed by atoms with van der Waals surface area (Å²) in [6.45, 7) is 1.38. The normalized spacial score (nSPS) is 26.9. The van der Waals surface area contributed by atoms with E-state index in [9.17, 15) is 18.0 Å². The molecule has 0 spiro atoms. The number of hydrogen-bond donors (Lipinski definition) is 1. The largest absolute Gasteiger partial charge is 0.481 e. The van der Waals surface area contributed by atoms with Crippen LogP contribution in [-0.4, -0.2) is 66.5 Å². The van der Waals surface area contributed by atoms with Gasteiger partial charge in [-0.2, -0.15) is 0 Å². The zero-order valence-electron chi connectivity index (χ0n) is 13.6. The van der Waals surface area contributed by atoms with Crippen molar-refractivity contribution >= 4 is 21.9 Å². The molecule has 0 bridgehead atoms. The Hall–Kier alpha value is -1.15. The first-order valence-corrected chi connectivity index (χ1v) is 10.1. The minimum Gasteiger partial charge on any atom is -0.481 e. The SMILES string of the molecule is CS(=O)(=O)N1CCC[C@H](C(=O)N2CCCC[C@@H]2CCC(=O)O)C1. The summed E-state index contributed by atoms with van der Waals surface area (Å²) in [5.74, 6) is -1.15. The van der Waals surface area contributed by atoms with Crippen LogP contribution in [0.1, 0.15) is 44.9 Å². The molecule has 2 fully saturated rings. The van der Waals surface area contributed by atoms with Crippen LogP contribution in [0.4, 0.5) is 0 Å². The van der Waals surface area contributed by atoms with E-state index in [1.807, 2.05) is 4.90 Å². The lowest BCUT2D eigenvalue weighted by atomic mass is 9.93. The van der Waals surface area contributed by atoms with Gasteiger partial charge in [-0.25, -0.2) is 12.7 Å². The van der Waals surface area contributed by atoms with Crippen molar-refractivity contribution in [1.82, 2.24) is 9.21 Å². The van der Waals surface area contributed by atoms with Crippen molar-refractivity contribution in [2.45, 2.75) is 51.0 Å². The highest BCUT2D eigenvalue weighted by Gasteiger charge is 2.35. The number of carboxylic acid groups (broad SMARTS) is 1. The molecule has 1 amide bonds. The van der Waals surface area contributed by atoms with Crippen LogP contribution in [0, 0.1) is 5.92 Å². The lowest BCUT2D eigenvalue weighted by molar-refractivity contribution is -0.143. The number of aliphatic carboxylic acids is 1. The monoisotopic (exact) mass is 346 g/mol. The van der Waals surface area contributed by atoms with E-state index in [-0.39, 0.29) is 30.8 Å². The molecule has 0 aromatic rings. The molecule has 2 aliphatic heterocycles. The Morgan fingerprint density at radius 2 is 1.87 bits per heavy atom. The number of nitrogens with zero attached hydrogens (tertiary/aromatic N) is 2. The predicted molar refractivity (Wildman–Crippen MR) is 85.4 cm³/mol. The van der Waals surface area contributed by atoms with Crippen LogP contribution in [0.5, 0.6) is 0 Å². The topological polar surface area (TPSA) is 95.0 Å². The molecule has 2 saturated heterocycles. The van der Waals surface area contributed by atoms with Crippen LogP contribution in [0.15, 0.2) is 0 Å². The predicted octanol–water partition coefficient (Wildman–Crippen LogP) is 0.904. The Kier molecular flexibility index (Phi) is 6.02. The van der Waals surface area contributed by atoms with Crippen molar-refractivity contribution in [3.63, 3.8) is 0 Å². The Bertz CT molecular complexity index is 548. The summed E-state index contributed by atoms with van der Waals surface area (Å²) in [6.07, 6.45) is 5.88. The minimum atomic E-state index is -3.27. The molecule has 0 aliphatic carbocycles. The van der Waals surface area contributed by atoms with Gasteiger partial charge in [0.25, 0.3) is 0 Å². The van der Waals surface area contributed by atoms with Gasteiger partial charge in [0, 0.05) is 32.1 Å². The van der Waals surface area contributed by atoms with Crippen LogP contribution in [0.25, 0.3) is 0 Å². The average molecular weight is 346 g/mol. The number of hydrogen-bond acceptors (Lipinski definition) is 4. The highest BCUT2D eigenvalue weighted by atomic mass is 32.2. The van der Waals surface area contributed by atoms with E-state index >= 15 is 0 Å². The summed E-state index contributed by atoms with van der Waals surface area (Å²) in [4.78, 5) is 25.4. The van der Waals surface area contributed by atoms with E-state index in [0.29, 0.717) is 32.4 Å². The second-order valence-electron chi connectivity index (χ2n) is 6.57. The van der Waals surface area contributed by atoms with E-state index < -0.39 is 16.0 Å². The lowest BCUT2D eigenvalue weighted by Gasteiger charge is -2.40. The molecule has 0 radical (unpaired) electrons. The number of rotatable bonds is 5. The smallest absolute Gasteiger partial charge is 0.303 e. The van der Waals surface area contributed by atoms with Gasteiger partial charge in [0.05, 0.1) is 12.2 Å². The first-order chi connectivity index (χ1) is 10.8. The fourth-order valence-corrected chi connectivity index (χ4v) is 4.47. The van der Waals surface area contributed by atoms with Crippen molar-refractivity contribution in [2.75, 3.05) is 25.9 Å². The molecule has 2 rings (SSSR count). The molecule has 2 aliphatic rings. The molecule has 0 aromatic carbocycles. The van der Waals surface area contributed by atoms with E-state index in [0.717, 1.165) is 19.3 Å². The number of amides is 1. The Balaban J connectivity index is 2.02. The zero-order valence-corrected chi connectivity index (χ0v) is 14.4. The van der Waals surface area contributed by atoms with Gasteiger partial charge in [-0.15, -0.1) is 0 Å². The third-order valence-corrected chi connectivity index (χ3v) is 6.07. The molecular formula is C15H26N2O5S. The van der Waals surface area contributed by atoms with Crippen molar-refractivity contribution in [3.05, 3.63) is 0 Å². The number of carbonyl (C=O) groups excluding carboxylic acids is 1. The average Bonchev–Trinajstić information content (AvgIpc) is 2.52. The highest BCUT2D eigenvalue weighted by Crippen LogP contribution is 2.27. The maximum absolute atomic E-state index is 12.8. The standard InChI is InChI=1S/C15H26N2O5S/c1-23(21,22)16-9-4-5-12(11-16)15(20)17-10-3-2-6-13(17)7-8-14(18)19/h12-13H,2-11H2,1H3,(H,18,19)/t12-,13+/m0/s1. The maximum atomic E-state index is 12.8. The first kappa shape index (κ1) is 18.2. The van der Waals surface area contributed by atoms with E-state index in [2.05, 4.69) is 0 Å². The summed E-state index contributed by atoms with van der Waals surface area (Å²) in [7, 11) is -3.27. The summed E-state index contributed by atoms with van der Waals surface area (Å²) in [5, 5.41) is 8.87. The fraction of sp³-hybridized carbons (Fsp3) is 0.867. The molecule has 23 heavy (non-hydrogen) atoms. The Morgan fingerprint density at radius 3 is 2.52 bits per heavy atom. The third kappa shape index (κ3) is 4.91. The van der Waals surface area contributed by atoms with E-state index in [4.69, 9.17) is 5.11 Å². The Morgan fingerprint density at radius 1 is 1.13 bits per heavy atom. The molecule has 0 saturated carbocycles. The van der Waals surface area contributed by atoms with Gasteiger partial charge >= 0.3 is 5.97 Å². The molecule has 2 atom stereocenters. The molecular weight excluding hydrogens is 320 g/mol. The van der Waals surface area contributed by atoms with Gasteiger partial charge in [-0.1, -0.05) is 0 Å². The Labute approximate surface area is 137 Å². The van der Waals surface area contributed by atoms with Crippen LogP contribution in [0.3, 0.4) is 0 Å². The van der Waals surface area contributed by atoms with Crippen molar-refractivity contribution in [1.29, 1.82) is 0 Å². The summed E-state index contributed by atoms with van der Waals surface area (Å²) in [5.41, 5.74) is 0. The number of sulfonamides is 1. The van der Waals surface area contributed by atoms with Crippen LogP contribution < -0.4 is 0 Å². The van der Waals surface area contributed by atoms with E-state index in [1.54, 1.807) is 0 Å². The second-order valence-corrected chi connectivity index (χ2v) is 8.56. The van der Waals surface area contributed by atoms with Crippen LogP contribution >= 0.6 is 0 Å². The summed E-state index contributed by atoms with van der Waals surface area (Å²) >= 11 is 0. The number of carboxylic acids is 1. The highest BCUT2D eigenvalue weighted by molar-refractivity contribution is 7.88. The molecule has 1 N–H and O–H groups in total. The van der Waals surface area contributed by atoms with Gasteiger partial charge < -0.3 is 10.0 Å². The molecule has 0 aromatic heterocycles. The number of likely N-dealkylation sites (tertiary alicyclic amines) is 1. The van der Waals surface area contributed by atoms with Gasteiger partial charge in [-0.05, 0) is 38.5 Å². The molecule has 7 nitrogen and oxygen atoms in total. The molecule has 2 heterocycles. The van der Waals surface area contributed by atoms with Crippen molar-refractivity contribution in [2.24, 2.45) is 5.92 Å². The molecule has 0 unspecified atom stereocenters. The number of carbonyl (C=O) groups is 2. The van der Waals surface area contributed by atoms with Crippen LogP contribution in [0.2, 0.25) is 0 Å². The van der Waals surface area contributed by atoms with Crippen LogP contribution in [-0.2, 0) is 19.6 Å². The van der Waals surface area contributed by atoms with Crippen molar-refractivity contribution < 1.29 is 23.1 Å². The van der Waals surface area contributed by atoms with E-state index in [1.165, 1.54) is 10.6 Å². The third-order valence-electron chi connectivity index (χ3n) is 4.80.